The van der Waals surface area contributed by atoms with Crippen molar-refractivity contribution in [3.05, 3.63) is 53.7 Å². The van der Waals surface area contributed by atoms with Crippen LogP contribution in [0.2, 0.25) is 0 Å². The summed E-state index contributed by atoms with van der Waals surface area (Å²) in [5, 5.41) is 0.628. The maximum Gasteiger partial charge on any atom is 0.283 e. The summed E-state index contributed by atoms with van der Waals surface area (Å²) in [6.45, 7) is 5.00. The zero-order valence-electron chi connectivity index (χ0n) is 17.0. The molecule has 0 atom stereocenters. The smallest absolute Gasteiger partial charge is 0.283 e. The number of ether oxygens (including phenoxy) is 3. The first-order chi connectivity index (χ1) is 14.1. The number of nitrogens with zero attached hydrogens (tertiary/aromatic N) is 2. The lowest BCUT2D eigenvalue weighted by Crippen LogP contribution is -2.29. The standard InChI is InChI=1S/C22H24N2O4S/c1-5-27-17-10-8-16(9-11-17)24-21(25)18(23-22(24)29-4)13-15-7-12-19(28-6-2)20(14-15)26-3/h7-14H,5-6H2,1-4H3/b18-13-. The van der Waals surface area contributed by atoms with Gasteiger partial charge in [0.2, 0.25) is 0 Å². The first kappa shape index (κ1) is 20.8. The van der Waals surface area contributed by atoms with Crippen molar-refractivity contribution in [1.82, 2.24) is 0 Å². The number of hydrogen-bond donors (Lipinski definition) is 0. The third-order valence-electron chi connectivity index (χ3n) is 4.21. The molecule has 0 unspecified atom stereocenters. The number of aliphatic imine (C=N–C) groups is 1. The van der Waals surface area contributed by atoms with Crippen LogP contribution in [-0.2, 0) is 4.79 Å². The van der Waals surface area contributed by atoms with Gasteiger partial charge < -0.3 is 14.2 Å². The van der Waals surface area contributed by atoms with Crippen molar-refractivity contribution < 1.29 is 19.0 Å². The summed E-state index contributed by atoms with van der Waals surface area (Å²) in [4.78, 5) is 19.2. The Morgan fingerprint density at radius 1 is 1.03 bits per heavy atom. The topological polar surface area (TPSA) is 60.4 Å². The first-order valence-corrected chi connectivity index (χ1v) is 10.6. The number of amidine groups is 1. The number of amides is 1. The van der Waals surface area contributed by atoms with Crippen LogP contribution in [0.1, 0.15) is 19.4 Å². The van der Waals surface area contributed by atoms with Gasteiger partial charge in [0.05, 0.1) is 26.0 Å². The minimum absolute atomic E-state index is 0.175. The van der Waals surface area contributed by atoms with Crippen LogP contribution in [0.3, 0.4) is 0 Å². The molecule has 0 aromatic heterocycles. The maximum absolute atomic E-state index is 13.1. The predicted octanol–water partition coefficient (Wildman–Crippen LogP) is 4.60. The molecule has 1 heterocycles. The molecule has 152 valence electrons. The van der Waals surface area contributed by atoms with E-state index in [4.69, 9.17) is 14.2 Å². The van der Waals surface area contributed by atoms with E-state index in [1.54, 1.807) is 18.1 Å². The molecular formula is C22H24N2O4S. The van der Waals surface area contributed by atoms with Gasteiger partial charge in [-0.1, -0.05) is 17.8 Å². The fraction of sp³-hybridized carbons (Fsp3) is 0.273. The van der Waals surface area contributed by atoms with Crippen LogP contribution in [-0.4, -0.2) is 37.7 Å². The Kier molecular flexibility index (Phi) is 6.82. The summed E-state index contributed by atoms with van der Waals surface area (Å²) in [6.07, 6.45) is 3.65. The van der Waals surface area contributed by atoms with Gasteiger partial charge in [-0.3, -0.25) is 9.69 Å². The summed E-state index contributed by atoms with van der Waals surface area (Å²) < 4.78 is 16.4. The third kappa shape index (κ3) is 4.56. The molecule has 3 rings (SSSR count). The Bertz CT molecular complexity index is 938. The van der Waals surface area contributed by atoms with Crippen LogP contribution >= 0.6 is 11.8 Å². The summed E-state index contributed by atoms with van der Waals surface area (Å²) in [5.41, 5.74) is 1.93. The molecule has 6 nitrogen and oxygen atoms in total. The van der Waals surface area contributed by atoms with Crippen molar-refractivity contribution in [3.63, 3.8) is 0 Å². The lowest BCUT2D eigenvalue weighted by atomic mass is 10.1. The van der Waals surface area contributed by atoms with E-state index < -0.39 is 0 Å². The van der Waals surface area contributed by atoms with Gasteiger partial charge >= 0.3 is 0 Å². The Morgan fingerprint density at radius 3 is 2.38 bits per heavy atom. The second-order valence-electron chi connectivity index (χ2n) is 6.04. The number of rotatable bonds is 7. The van der Waals surface area contributed by atoms with Crippen LogP contribution in [0, 0.1) is 0 Å². The largest absolute Gasteiger partial charge is 0.494 e. The molecule has 0 saturated carbocycles. The average molecular weight is 413 g/mol. The fourth-order valence-corrected chi connectivity index (χ4v) is 3.49. The summed E-state index contributed by atoms with van der Waals surface area (Å²) in [6, 6.07) is 13.0. The number of hydrogen-bond acceptors (Lipinski definition) is 6. The molecule has 0 radical (unpaired) electrons. The van der Waals surface area contributed by atoms with Crippen molar-refractivity contribution in [2.24, 2.45) is 4.99 Å². The summed E-state index contributed by atoms with van der Waals surface area (Å²) in [7, 11) is 1.59. The minimum Gasteiger partial charge on any atom is -0.494 e. The number of thioether (sulfide) groups is 1. The molecule has 0 aliphatic carbocycles. The lowest BCUT2D eigenvalue weighted by Gasteiger charge is -2.17. The highest BCUT2D eigenvalue weighted by molar-refractivity contribution is 8.13. The highest BCUT2D eigenvalue weighted by Crippen LogP contribution is 2.32. The van der Waals surface area contributed by atoms with E-state index >= 15 is 0 Å². The highest BCUT2D eigenvalue weighted by Gasteiger charge is 2.31. The number of benzene rings is 2. The van der Waals surface area contributed by atoms with Gasteiger partial charge in [-0.25, -0.2) is 4.99 Å². The number of methoxy groups -OCH3 is 1. The molecule has 0 saturated heterocycles. The second kappa shape index (κ2) is 9.52. The zero-order chi connectivity index (χ0) is 20.8. The van der Waals surface area contributed by atoms with Crippen LogP contribution in [0.15, 0.2) is 53.2 Å². The van der Waals surface area contributed by atoms with Gasteiger partial charge in [-0.2, -0.15) is 0 Å². The fourth-order valence-electron chi connectivity index (χ4n) is 2.93. The number of carbonyl (C=O) groups excluding carboxylic acids is 1. The summed E-state index contributed by atoms with van der Waals surface area (Å²) in [5.74, 6) is 1.87. The molecule has 1 aliphatic heterocycles. The monoisotopic (exact) mass is 412 g/mol. The van der Waals surface area contributed by atoms with Gasteiger partial charge in [0.1, 0.15) is 11.4 Å². The molecule has 2 aromatic rings. The van der Waals surface area contributed by atoms with Crippen molar-refractivity contribution in [3.8, 4) is 17.2 Å². The SMILES string of the molecule is CCOc1ccc(N2C(=O)/C(=C/c3ccc(OCC)c(OC)c3)N=C2SC)cc1. The number of anilines is 1. The normalized spacial score (nSPS) is 14.9. The molecule has 29 heavy (non-hydrogen) atoms. The molecule has 0 N–H and O–H groups in total. The van der Waals surface area contributed by atoms with E-state index in [1.807, 2.05) is 62.6 Å². The molecule has 0 bridgehead atoms. The van der Waals surface area contributed by atoms with E-state index in [0.29, 0.717) is 35.6 Å². The molecular weight excluding hydrogens is 388 g/mol. The Morgan fingerprint density at radius 2 is 1.76 bits per heavy atom. The van der Waals surface area contributed by atoms with Crippen LogP contribution in [0.25, 0.3) is 6.08 Å². The predicted molar refractivity (Wildman–Crippen MR) is 118 cm³/mol. The zero-order valence-corrected chi connectivity index (χ0v) is 17.8. The lowest BCUT2D eigenvalue weighted by molar-refractivity contribution is -0.113. The van der Waals surface area contributed by atoms with Gasteiger partial charge in [-0.15, -0.1) is 0 Å². The Labute approximate surface area is 175 Å². The van der Waals surface area contributed by atoms with Crippen molar-refractivity contribution >= 4 is 34.6 Å². The highest BCUT2D eigenvalue weighted by atomic mass is 32.2. The number of carbonyl (C=O) groups is 1. The summed E-state index contributed by atoms with van der Waals surface area (Å²) >= 11 is 1.42. The van der Waals surface area contributed by atoms with E-state index in [-0.39, 0.29) is 5.91 Å². The van der Waals surface area contributed by atoms with E-state index in [0.717, 1.165) is 17.0 Å². The van der Waals surface area contributed by atoms with Crippen molar-refractivity contribution in [2.45, 2.75) is 13.8 Å². The molecule has 1 amide bonds. The Balaban J connectivity index is 1.90. The van der Waals surface area contributed by atoms with Gasteiger partial charge in [0.15, 0.2) is 16.7 Å². The molecule has 0 spiro atoms. The van der Waals surface area contributed by atoms with Crippen molar-refractivity contribution in [2.75, 3.05) is 31.5 Å². The van der Waals surface area contributed by atoms with Crippen LogP contribution in [0.5, 0.6) is 17.2 Å². The van der Waals surface area contributed by atoms with E-state index in [2.05, 4.69) is 4.99 Å². The average Bonchev–Trinajstić information content (AvgIpc) is 3.05. The van der Waals surface area contributed by atoms with E-state index in [9.17, 15) is 4.79 Å². The third-order valence-corrected chi connectivity index (χ3v) is 4.85. The van der Waals surface area contributed by atoms with Crippen LogP contribution < -0.4 is 19.1 Å². The van der Waals surface area contributed by atoms with Gasteiger partial charge in [0, 0.05) is 0 Å². The van der Waals surface area contributed by atoms with Gasteiger partial charge in [0.25, 0.3) is 5.91 Å². The quantitative estimate of drug-likeness (QED) is 0.622. The van der Waals surface area contributed by atoms with Crippen molar-refractivity contribution in [1.29, 1.82) is 0 Å². The molecule has 0 fully saturated rings. The first-order valence-electron chi connectivity index (χ1n) is 9.33. The Hall–Kier alpha value is -2.93. The molecule has 1 aliphatic rings. The van der Waals surface area contributed by atoms with Crippen LogP contribution in [0.4, 0.5) is 5.69 Å². The molecule has 2 aromatic carbocycles. The van der Waals surface area contributed by atoms with E-state index in [1.165, 1.54) is 11.8 Å². The molecule has 7 heteroatoms. The maximum atomic E-state index is 13.1. The minimum atomic E-state index is -0.175. The second-order valence-corrected chi connectivity index (χ2v) is 6.81. The van der Waals surface area contributed by atoms with Gasteiger partial charge in [-0.05, 0) is 68.1 Å².